The Hall–Kier alpha value is -1.18. The number of rotatable bonds is 2. The standard InChI is InChI=1S/C16H20BrN3O2S/c1-10-7-20(11(2)21)5-4-19(10)8-12-6-13-15(23-12)14(17)9-18(3)16(13)22/h6,9-10H,4-5,7-8H2,1-3H3. The fourth-order valence-corrected chi connectivity index (χ4v) is 4.89. The van der Waals surface area contributed by atoms with E-state index in [0.717, 1.165) is 40.7 Å². The van der Waals surface area contributed by atoms with Crippen LogP contribution in [0, 0.1) is 0 Å². The first-order valence-corrected chi connectivity index (χ1v) is 9.25. The number of hydrogen-bond acceptors (Lipinski definition) is 4. The normalized spacial score (nSPS) is 19.5. The van der Waals surface area contributed by atoms with Gasteiger partial charge in [-0.1, -0.05) is 0 Å². The molecular weight excluding hydrogens is 378 g/mol. The van der Waals surface area contributed by atoms with Gasteiger partial charge in [0.2, 0.25) is 5.91 Å². The van der Waals surface area contributed by atoms with Gasteiger partial charge in [-0.25, -0.2) is 0 Å². The molecule has 0 bridgehead atoms. The van der Waals surface area contributed by atoms with Gasteiger partial charge in [-0.15, -0.1) is 11.3 Å². The van der Waals surface area contributed by atoms with Crippen molar-refractivity contribution in [3.63, 3.8) is 0 Å². The van der Waals surface area contributed by atoms with E-state index in [2.05, 4.69) is 27.8 Å². The number of carbonyl (C=O) groups excluding carboxylic acids is 1. The monoisotopic (exact) mass is 397 g/mol. The molecule has 1 aliphatic rings. The van der Waals surface area contributed by atoms with Crippen LogP contribution in [-0.2, 0) is 18.4 Å². The van der Waals surface area contributed by atoms with E-state index in [1.807, 2.05) is 17.2 Å². The van der Waals surface area contributed by atoms with Crippen LogP contribution >= 0.6 is 27.3 Å². The molecule has 1 amide bonds. The molecule has 0 spiro atoms. The average molecular weight is 398 g/mol. The minimum Gasteiger partial charge on any atom is -0.340 e. The molecule has 1 atom stereocenters. The fourth-order valence-electron chi connectivity index (χ4n) is 3.05. The van der Waals surface area contributed by atoms with Gasteiger partial charge in [0.1, 0.15) is 0 Å². The summed E-state index contributed by atoms with van der Waals surface area (Å²) in [6.07, 6.45) is 1.82. The van der Waals surface area contributed by atoms with E-state index < -0.39 is 0 Å². The molecule has 1 aliphatic heterocycles. The molecule has 2 aromatic rings. The number of halogens is 1. The molecule has 3 rings (SSSR count). The zero-order valence-corrected chi connectivity index (χ0v) is 15.9. The van der Waals surface area contributed by atoms with Gasteiger partial charge in [0.15, 0.2) is 0 Å². The number of aromatic nitrogens is 1. The highest BCUT2D eigenvalue weighted by atomic mass is 79.9. The first kappa shape index (κ1) is 16.7. The number of carbonyl (C=O) groups is 1. The molecule has 2 aromatic heterocycles. The molecule has 23 heavy (non-hydrogen) atoms. The summed E-state index contributed by atoms with van der Waals surface area (Å²) in [5.74, 6) is 0.144. The van der Waals surface area contributed by atoms with E-state index in [1.165, 1.54) is 4.88 Å². The van der Waals surface area contributed by atoms with Crippen LogP contribution in [0.2, 0.25) is 0 Å². The zero-order valence-electron chi connectivity index (χ0n) is 13.5. The first-order valence-electron chi connectivity index (χ1n) is 7.64. The van der Waals surface area contributed by atoms with Gasteiger partial charge in [-0.2, -0.15) is 0 Å². The minimum atomic E-state index is 0.0418. The number of aryl methyl sites for hydroxylation is 1. The molecule has 5 nitrogen and oxygen atoms in total. The third-order valence-corrected chi connectivity index (χ3v) is 6.44. The summed E-state index contributed by atoms with van der Waals surface area (Å²) >= 11 is 5.22. The van der Waals surface area contributed by atoms with Crippen molar-refractivity contribution < 1.29 is 4.79 Å². The lowest BCUT2D eigenvalue weighted by Crippen LogP contribution is -2.52. The maximum absolute atomic E-state index is 12.3. The van der Waals surface area contributed by atoms with E-state index in [1.54, 1.807) is 29.9 Å². The Balaban J connectivity index is 1.83. The van der Waals surface area contributed by atoms with Crippen LogP contribution in [-0.4, -0.2) is 46.0 Å². The maximum Gasteiger partial charge on any atom is 0.259 e. The van der Waals surface area contributed by atoms with Crippen molar-refractivity contribution in [2.75, 3.05) is 19.6 Å². The number of fused-ring (bicyclic) bond motifs is 1. The summed E-state index contributed by atoms with van der Waals surface area (Å²) in [5.41, 5.74) is 0.0418. The third-order valence-electron chi connectivity index (χ3n) is 4.43. The molecule has 7 heteroatoms. The second kappa shape index (κ2) is 6.37. The Morgan fingerprint density at radius 3 is 2.83 bits per heavy atom. The SMILES string of the molecule is CC(=O)N1CCN(Cc2cc3c(=O)n(C)cc(Br)c3s2)C(C)C1. The zero-order chi connectivity index (χ0) is 16.7. The smallest absolute Gasteiger partial charge is 0.259 e. The highest BCUT2D eigenvalue weighted by molar-refractivity contribution is 9.10. The van der Waals surface area contributed by atoms with Gasteiger partial charge in [0.25, 0.3) is 5.56 Å². The lowest BCUT2D eigenvalue weighted by atomic mass is 10.2. The second-order valence-corrected chi connectivity index (χ2v) is 8.12. The average Bonchev–Trinajstić information content (AvgIpc) is 2.91. The molecular formula is C16H20BrN3O2S. The van der Waals surface area contributed by atoms with Gasteiger partial charge in [-0.3, -0.25) is 14.5 Å². The summed E-state index contributed by atoms with van der Waals surface area (Å²) in [4.78, 5) is 29.2. The Labute approximate surface area is 147 Å². The van der Waals surface area contributed by atoms with E-state index >= 15 is 0 Å². The molecule has 3 heterocycles. The number of nitrogens with zero attached hydrogens (tertiary/aromatic N) is 3. The summed E-state index contributed by atoms with van der Waals surface area (Å²) in [6.45, 7) is 7.01. The van der Waals surface area contributed by atoms with Crippen molar-refractivity contribution in [2.24, 2.45) is 7.05 Å². The van der Waals surface area contributed by atoms with E-state index in [4.69, 9.17) is 0 Å². The Morgan fingerprint density at radius 2 is 2.17 bits per heavy atom. The van der Waals surface area contributed by atoms with Crippen LogP contribution in [0.4, 0.5) is 0 Å². The molecule has 1 saturated heterocycles. The van der Waals surface area contributed by atoms with Gasteiger partial charge in [-0.05, 0) is 28.9 Å². The summed E-state index contributed by atoms with van der Waals surface area (Å²) in [6, 6.07) is 2.33. The highest BCUT2D eigenvalue weighted by Gasteiger charge is 2.25. The van der Waals surface area contributed by atoms with Crippen LogP contribution in [0.3, 0.4) is 0 Å². The molecule has 0 saturated carbocycles. The highest BCUT2D eigenvalue weighted by Crippen LogP contribution is 2.31. The second-order valence-electron chi connectivity index (χ2n) is 6.13. The maximum atomic E-state index is 12.3. The predicted octanol–water partition coefficient (Wildman–Crippen LogP) is 2.42. The van der Waals surface area contributed by atoms with Gasteiger partial charge in [0.05, 0.1) is 14.6 Å². The van der Waals surface area contributed by atoms with Crippen molar-refractivity contribution >= 4 is 43.3 Å². The largest absolute Gasteiger partial charge is 0.340 e. The van der Waals surface area contributed by atoms with Crippen LogP contribution in [0.15, 0.2) is 21.5 Å². The number of pyridine rings is 1. The molecule has 1 fully saturated rings. The van der Waals surface area contributed by atoms with Crippen molar-refractivity contribution in [1.29, 1.82) is 0 Å². The Kier molecular flexibility index (Phi) is 4.62. The predicted molar refractivity (Wildman–Crippen MR) is 96.9 cm³/mol. The van der Waals surface area contributed by atoms with Crippen molar-refractivity contribution in [2.45, 2.75) is 26.4 Å². The summed E-state index contributed by atoms with van der Waals surface area (Å²) in [5, 5.41) is 0.775. The molecule has 124 valence electrons. The topological polar surface area (TPSA) is 45.6 Å². The number of hydrogen-bond donors (Lipinski definition) is 0. The molecule has 0 N–H and O–H groups in total. The Morgan fingerprint density at radius 1 is 1.43 bits per heavy atom. The van der Waals surface area contributed by atoms with Crippen molar-refractivity contribution in [3.8, 4) is 0 Å². The first-order chi connectivity index (χ1) is 10.9. The van der Waals surface area contributed by atoms with E-state index in [-0.39, 0.29) is 11.5 Å². The van der Waals surface area contributed by atoms with E-state index in [0.29, 0.717) is 6.04 Å². The van der Waals surface area contributed by atoms with Crippen LogP contribution in [0.1, 0.15) is 18.7 Å². The van der Waals surface area contributed by atoms with Crippen LogP contribution in [0.5, 0.6) is 0 Å². The molecule has 0 aromatic carbocycles. The number of thiophene rings is 1. The molecule has 0 radical (unpaired) electrons. The molecule has 1 unspecified atom stereocenters. The fraction of sp³-hybridized carbons (Fsp3) is 0.500. The summed E-state index contributed by atoms with van der Waals surface area (Å²) in [7, 11) is 1.77. The van der Waals surface area contributed by atoms with Crippen molar-refractivity contribution in [1.82, 2.24) is 14.4 Å². The van der Waals surface area contributed by atoms with Gasteiger partial charge >= 0.3 is 0 Å². The third kappa shape index (κ3) is 3.22. The minimum absolute atomic E-state index is 0.0418. The Bertz CT molecular complexity index is 813. The van der Waals surface area contributed by atoms with Crippen LogP contribution in [0.25, 0.3) is 10.1 Å². The van der Waals surface area contributed by atoms with Gasteiger partial charge in [0, 0.05) is 57.3 Å². The lowest BCUT2D eigenvalue weighted by Gasteiger charge is -2.39. The lowest BCUT2D eigenvalue weighted by molar-refractivity contribution is -0.131. The summed E-state index contributed by atoms with van der Waals surface area (Å²) < 4.78 is 3.58. The molecule has 0 aliphatic carbocycles. The van der Waals surface area contributed by atoms with Gasteiger partial charge < -0.3 is 9.47 Å². The van der Waals surface area contributed by atoms with E-state index in [9.17, 15) is 9.59 Å². The number of amides is 1. The van der Waals surface area contributed by atoms with Crippen molar-refractivity contribution in [3.05, 3.63) is 32.0 Å². The number of piperazine rings is 1. The van der Waals surface area contributed by atoms with Crippen LogP contribution < -0.4 is 5.56 Å². The quantitative estimate of drug-likeness (QED) is 0.781.